The largest absolute Gasteiger partial charge is 0.335 e. The highest BCUT2D eigenvalue weighted by atomic mass is 15.1. The van der Waals surface area contributed by atoms with E-state index < -0.39 is 0 Å². The molecule has 2 aromatic carbocycles. The molecule has 0 spiro atoms. The zero-order valence-electron chi connectivity index (χ0n) is 26.1. The van der Waals surface area contributed by atoms with Gasteiger partial charge in [0.05, 0.1) is 0 Å². The Morgan fingerprint density at radius 1 is 0.650 bits per heavy atom. The summed E-state index contributed by atoms with van der Waals surface area (Å²) in [5.41, 5.74) is 2.81. The second-order valence-electron chi connectivity index (χ2n) is 12.4. The van der Waals surface area contributed by atoms with E-state index in [1.807, 2.05) is 6.20 Å². The average molecular weight is 543 g/mol. The molecule has 2 unspecified atom stereocenters. The molecule has 1 aromatic heterocycles. The first-order valence-electron chi connectivity index (χ1n) is 16.8. The summed E-state index contributed by atoms with van der Waals surface area (Å²) in [5, 5.41) is 0. The first-order valence-corrected chi connectivity index (χ1v) is 16.8. The number of rotatable bonds is 22. The molecule has 3 rings (SSSR count). The van der Waals surface area contributed by atoms with Crippen molar-refractivity contribution in [2.75, 3.05) is 0 Å². The van der Waals surface area contributed by atoms with E-state index in [0.717, 1.165) is 25.8 Å². The Labute approximate surface area is 247 Å². The van der Waals surface area contributed by atoms with Crippen LogP contribution in [0.15, 0.2) is 73.1 Å². The lowest BCUT2D eigenvalue weighted by Gasteiger charge is -2.39. The van der Waals surface area contributed by atoms with Crippen molar-refractivity contribution in [1.29, 1.82) is 0 Å². The number of hydrogen-bond acceptors (Lipinski definition) is 1. The lowest BCUT2D eigenvalue weighted by Crippen LogP contribution is -2.35. The van der Waals surface area contributed by atoms with Gasteiger partial charge in [-0.1, -0.05) is 171 Å². The number of unbranched alkanes of at least 4 members (excludes halogenated alkanes) is 13. The maximum absolute atomic E-state index is 5.02. The summed E-state index contributed by atoms with van der Waals surface area (Å²) in [4.78, 5) is 5.02. The topological polar surface area (TPSA) is 17.8 Å². The van der Waals surface area contributed by atoms with E-state index in [1.165, 1.54) is 107 Å². The van der Waals surface area contributed by atoms with Crippen molar-refractivity contribution in [3.63, 3.8) is 0 Å². The molecule has 0 aliphatic rings. The Hall–Kier alpha value is -2.35. The molecule has 2 nitrogen and oxygen atoms in total. The van der Waals surface area contributed by atoms with E-state index in [2.05, 4.69) is 92.2 Å². The van der Waals surface area contributed by atoms with Crippen LogP contribution in [0.2, 0.25) is 0 Å². The molecule has 0 amide bonds. The molecule has 0 N–H and O–H groups in total. The predicted molar refractivity (Wildman–Crippen MR) is 174 cm³/mol. The zero-order chi connectivity index (χ0) is 28.3. The molecule has 0 saturated heterocycles. The van der Waals surface area contributed by atoms with Crippen LogP contribution in [0.1, 0.15) is 146 Å². The van der Waals surface area contributed by atoms with Crippen LogP contribution < -0.4 is 0 Å². The van der Waals surface area contributed by atoms with Crippen molar-refractivity contribution in [2.45, 2.75) is 148 Å². The SMILES string of the molecule is CCCCCCCCCCCCCCCCn1ccnc1C(CCC)C(C)(Cc1ccccc1)c1ccccc1. The maximum atomic E-state index is 5.02. The van der Waals surface area contributed by atoms with Gasteiger partial charge in [0.15, 0.2) is 0 Å². The maximum Gasteiger partial charge on any atom is 0.112 e. The Morgan fingerprint density at radius 3 is 1.73 bits per heavy atom. The summed E-state index contributed by atoms with van der Waals surface area (Å²) in [6.45, 7) is 8.18. The molecule has 0 saturated carbocycles. The fraction of sp³-hybridized carbons (Fsp3) is 0.605. The molecule has 2 heteroatoms. The number of hydrogen-bond donors (Lipinski definition) is 0. The van der Waals surface area contributed by atoms with Gasteiger partial charge in [-0.25, -0.2) is 4.98 Å². The quantitative estimate of drug-likeness (QED) is 0.115. The number of nitrogens with zero attached hydrogens (tertiary/aromatic N) is 2. The van der Waals surface area contributed by atoms with Crippen molar-refractivity contribution < 1.29 is 0 Å². The summed E-state index contributed by atoms with van der Waals surface area (Å²) in [5.74, 6) is 1.65. The van der Waals surface area contributed by atoms with E-state index in [-0.39, 0.29) is 5.41 Å². The van der Waals surface area contributed by atoms with Crippen LogP contribution >= 0.6 is 0 Å². The first-order chi connectivity index (χ1) is 19.7. The van der Waals surface area contributed by atoms with Crippen molar-refractivity contribution in [3.05, 3.63) is 90.0 Å². The molecule has 3 aromatic rings. The van der Waals surface area contributed by atoms with Gasteiger partial charge in [-0.15, -0.1) is 0 Å². The third-order valence-corrected chi connectivity index (χ3v) is 9.01. The average Bonchev–Trinajstić information content (AvgIpc) is 3.45. The minimum Gasteiger partial charge on any atom is -0.335 e. The molecule has 220 valence electrons. The number of benzene rings is 2. The number of aromatic nitrogens is 2. The first kappa shape index (κ1) is 32.2. The molecule has 0 aliphatic carbocycles. The van der Waals surface area contributed by atoms with Crippen molar-refractivity contribution in [2.24, 2.45) is 0 Å². The van der Waals surface area contributed by atoms with E-state index in [0.29, 0.717) is 5.92 Å². The summed E-state index contributed by atoms with van der Waals surface area (Å²) in [7, 11) is 0. The van der Waals surface area contributed by atoms with Gasteiger partial charge in [0, 0.05) is 30.3 Å². The fourth-order valence-electron chi connectivity index (χ4n) is 6.58. The lowest BCUT2D eigenvalue weighted by atomic mass is 9.66. The Bertz CT molecular complexity index is 1010. The molecular weight excluding hydrogens is 484 g/mol. The highest BCUT2D eigenvalue weighted by Crippen LogP contribution is 2.44. The second-order valence-corrected chi connectivity index (χ2v) is 12.4. The second kappa shape index (κ2) is 18.9. The summed E-state index contributed by atoms with van der Waals surface area (Å²) in [6, 6.07) is 22.2. The summed E-state index contributed by atoms with van der Waals surface area (Å²) >= 11 is 0. The van der Waals surface area contributed by atoms with Crippen molar-refractivity contribution in [1.82, 2.24) is 9.55 Å². The Morgan fingerprint density at radius 2 is 1.18 bits per heavy atom. The number of aryl methyl sites for hydroxylation is 1. The molecule has 0 radical (unpaired) electrons. The van der Waals surface area contributed by atoms with Gasteiger partial charge in [0.1, 0.15) is 5.82 Å². The molecular formula is C38H58N2. The summed E-state index contributed by atoms with van der Waals surface area (Å²) < 4.78 is 2.48. The molecule has 0 fully saturated rings. The van der Waals surface area contributed by atoms with Crippen LogP contribution in [0.4, 0.5) is 0 Å². The highest BCUT2D eigenvalue weighted by Gasteiger charge is 2.38. The van der Waals surface area contributed by atoms with Gasteiger partial charge in [-0.3, -0.25) is 0 Å². The monoisotopic (exact) mass is 542 g/mol. The minimum absolute atomic E-state index is 0.0166. The molecule has 2 atom stereocenters. The fourth-order valence-corrected chi connectivity index (χ4v) is 6.58. The van der Waals surface area contributed by atoms with Gasteiger partial charge in [-0.2, -0.15) is 0 Å². The molecule has 1 heterocycles. The smallest absolute Gasteiger partial charge is 0.112 e. The third kappa shape index (κ3) is 10.6. The van der Waals surface area contributed by atoms with E-state index in [1.54, 1.807) is 0 Å². The lowest BCUT2D eigenvalue weighted by molar-refractivity contribution is 0.328. The van der Waals surface area contributed by atoms with Gasteiger partial charge >= 0.3 is 0 Å². The molecule has 40 heavy (non-hydrogen) atoms. The molecule has 0 aliphatic heterocycles. The third-order valence-electron chi connectivity index (χ3n) is 9.01. The highest BCUT2D eigenvalue weighted by molar-refractivity contribution is 5.33. The normalized spacial score (nSPS) is 13.8. The van der Waals surface area contributed by atoms with E-state index >= 15 is 0 Å². The minimum atomic E-state index is -0.0166. The van der Waals surface area contributed by atoms with Crippen molar-refractivity contribution in [3.8, 4) is 0 Å². The van der Waals surface area contributed by atoms with Gasteiger partial charge in [0.25, 0.3) is 0 Å². The Kier molecular flexibility index (Phi) is 15.2. The predicted octanol–water partition coefficient (Wildman–Crippen LogP) is 11.4. The van der Waals surface area contributed by atoms with Crippen LogP contribution in [-0.2, 0) is 18.4 Å². The van der Waals surface area contributed by atoms with E-state index in [9.17, 15) is 0 Å². The van der Waals surface area contributed by atoms with Gasteiger partial charge in [-0.05, 0) is 30.4 Å². The van der Waals surface area contributed by atoms with Gasteiger partial charge < -0.3 is 4.57 Å². The molecule has 0 bridgehead atoms. The van der Waals surface area contributed by atoms with Gasteiger partial charge in [0.2, 0.25) is 0 Å². The van der Waals surface area contributed by atoms with Crippen LogP contribution in [0.25, 0.3) is 0 Å². The van der Waals surface area contributed by atoms with Crippen LogP contribution in [-0.4, -0.2) is 9.55 Å². The standard InChI is InChI=1S/C38H58N2/c1-4-6-7-8-9-10-11-12-13-14-15-16-17-24-31-40-32-30-39-37(40)36(25-5-2)38(3,35-28-22-19-23-29-35)33-34-26-20-18-21-27-34/h18-23,26-30,32,36H,4-17,24-25,31,33H2,1-3H3. The van der Waals surface area contributed by atoms with Crippen LogP contribution in [0, 0.1) is 0 Å². The van der Waals surface area contributed by atoms with Crippen LogP contribution in [0.5, 0.6) is 0 Å². The Balaban J connectivity index is 1.50. The zero-order valence-corrected chi connectivity index (χ0v) is 26.1. The van der Waals surface area contributed by atoms with E-state index in [4.69, 9.17) is 4.98 Å². The number of imidazole rings is 1. The van der Waals surface area contributed by atoms with Crippen LogP contribution in [0.3, 0.4) is 0 Å². The van der Waals surface area contributed by atoms with Crippen molar-refractivity contribution >= 4 is 0 Å². The summed E-state index contributed by atoms with van der Waals surface area (Å²) in [6.07, 6.45) is 27.2.